The van der Waals surface area contributed by atoms with Crippen molar-refractivity contribution in [1.29, 1.82) is 0 Å². The SMILES string of the molecule is CC(C)(C)OC1CCC(O)CC1.CC(C)C(N)C(=O)OCCOC(C)(C)C. The van der Waals surface area contributed by atoms with Crippen molar-refractivity contribution in [2.75, 3.05) is 13.2 Å². The summed E-state index contributed by atoms with van der Waals surface area (Å²) in [6, 6.07) is -0.542. The lowest BCUT2D eigenvalue weighted by molar-refractivity contribution is -0.149. The van der Waals surface area contributed by atoms with Crippen LogP contribution >= 0.6 is 0 Å². The minimum atomic E-state index is -0.542. The van der Waals surface area contributed by atoms with Gasteiger partial charge in [0.15, 0.2) is 0 Å². The summed E-state index contributed by atoms with van der Waals surface area (Å²) in [6.45, 7) is 16.5. The summed E-state index contributed by atoms with van der Waals surface area (Å²) in [5.74, 6) is -0.261. The Labute approximate surface area is 166 Å². The molecule has 0 radical (unpaired) electrons. The molecule has 0 heterocycles. The summed E-state index contributed by atoms with van der Waals surface area (Å²) in [5.41, 5.74) is 5.38. The van der Waals surface area contributed by atoms with Gasteiger partial charge in [0, 0.05) is 0 Å². The molecular formula is C21H43NO5. The van der Waals surface area contributed by atoms with Crippen molar-refractivity contribution >= 4 is 5.97 Å². The predicted octanol–water partition coefficient (Wildman–Crippen LogP) is 3.43. The third-order valence-electron chi connectivity index (χ3n) is 4.02. The summed E-state index contributed by atoms with van der Waals surface area (Å²) < 4.78 is 16.2. The predicted molar refractivity (Wildman–Crippen MR) is 109 cm³/mol. The van der Waals surface area contributed by atoms with Gasteiger partial charge in [-0.05, 0) is 73.1 Å². The Morgan fingerprint density at radius 2 is 1.52 bits per heavy atom. The van der Waals surface area contributed by atoms with E-state index < -0.39 is 6.04 Å². The lowest BCUT2D eigenvalue weighted by Crippen LogP contribution is -2.37. The maximum absolute atomic E-state index is 11.3. The van der Waals surface area contributed by atoms with Crippen LogP contribution in [0.4, 0.5) is 0 Å². The van der Waals surface area contributed by atoms with E-state index in [1.165, 1.54) is 0 Å². The first kappa shape index (κ1) is 26.3. The third-order valence-corrected chi connectivity index (χ3v) is 4.02. The largest absolute Gasteiger partial charge is 0.462 e. The number of carbonyl (C=O) groups excluding carboxylic acids is 1. The molecule has 0 aromatic heterocycles. The van der Waals surface area contributed by atoms with Gasteiger partial charge in [-0.2, -0.15) is 0 Å². The minimum absolute atomic E-state index is 0.0348. The first-order valence-electron chi connectivity index (χ1n) is 10.1. The molecule has 0 bridgehead atoms. The molecule has 0 aliphatic heterocycles. The maximum Gasteiger partial charge on any atom is 0.323 e. The zero-order valence-corrected chi connectivity index (χ0v) is 18.7. The van der Waals surface area contributed by atoms with Gasteiger partial charge in [-0.1, -0.05) is 13.8 Å². The first-order chi connectivity index (χ1) is 12.2. The second kappa shape index (κ2) is 12.0. The van der Waals surface area contributed by atoms with E-state index in [0.717, 1.165) is 25.7 Å². The highest BCUT2D eigenvalue weighted by atomic mass is 16.6. The molecule has 0 saturated heterocycles. The van der Waals surface area contributed by atoms with Crippen molar-refractivity contribution in [2.45, 2.75) is 111 Å². The molecule has 1 unspecified atom stereocenters. The zero-order chi connectivity index (χ0) is 21.3. The lowest BCUT2D eigenvalue weighted by atomic mass is 9.94. The second-order valence-corrected chi connectivity index (χ2v) is 9.56. The molecule has 1 aliphatic rings. The van der Waals surface area contributed by atoms with Crippen LogP contribution in [0.3, 0.4) is 0 Å². The molecule has 162 valence electrons. The van der Waals surface area contributed by atoms with Crippen LogP contribution < -0.4 is 5.73 Å². The number of carbonyl (C=O) groups is 1. The third kappa shape index (κ3) is 15.0. The van der Waals surface area contributed by atoms with Crippen LogP contribution in [0.15, 0.2) is 0 Å². The summed E-state index contributed by atoms with van der Waals surface area (Å²) in [6.07, 6.45) is 4.12. The molecule has 1 atom stereocenters. The van der Waals surface area contributed by atoms with Crippen LogP contribution in [0, 0.1) is 5.92 Å². The van der Waals surface area contributed by atoms with E-state index in [0.29, 0.717) is 12.7 Å². The summed E-state index contributed by atoms with van der Waals surface area (Å²) in [7, 11) is 0. The summed E-state index contributed by atoms with van der Waals surface area (Å²) >= 11 is 0. The smallest absolute Gasteiger partial charge is 0.323 e. The van der Waals surface area contributed by atoms with Gasteiger partial charge in [-0.15, -0.1) is 0 Å². The highest BCUT2D eigenvalue weighted by molar-refractivity contribution is 5.75. The van der Waals surface area contributed by atoms with Crippen molar-refractivity contribution < 1.29 is 24.1 Å². The van der Waals surface area contributed by atoms with E-state index >= 15 is 0 Å². The monoisotopic (exact) mass is 389 g/mol. The fourth-order valence-electron chi connectivity index (χ4n) is 2.52. The molecule has 0 amide bonds. The zero-order valence-electron chi connectivity index (χ0n) is 18.7. The van der Waals surface area contributed by atoms with Gasteiger partial charge in [0.05, 0.1) is 30.0 Å². The molecule has 1 rings (SSSR count). The quantitative estimate of drug-likeness (QED) is 0.534. The average Bonchev–Trinajstić information content (AvgIpc) is 2.51. The van der Waals surface area contributed by atoms with E-state index in [1.807, 2.05) is 34.6 Å². The normalized spacial score (nSPS) is 22.0. The van der Waals surface area contributed by atoms with Gasteiger partial charge >= 0.3 is 5.97 Å². The molecule has 3 N–H and O–H groups in total. The van der Waals surface area contributed by atoms with E-state index in [-0.39, 0.29) is 35.8 Å². The van der Waals surface area contributed by atoms with Crippen LogP contribution in [0.1, 0.15) is 81.1 Å². The van der Waals surface area contributed by atoms with Crippen molar-refractivity contribution in [3.63, 3.8) is 0 Å². The van der Waals surface area contributed by atoms with Gasteiger partial charge < -0.3 is 25.1 Å². The maximum atomic E-state index is 11.3. The average molecular weight is 390 g/mol. The van der Waals surface area contributed by atoms with Crippen molar-refractivity contribution in [3.8, 4) is 0 Å². The molecule has 0 aromatic carbocycles. The van der Waals surface area contributed by atoms with E-state index in [9.17, 15) is 9.90 Å². The number of nitrogens with two attached hydrogens (primary N) is 1. The molecule has 6 nitrogen and oxygen atoms in total. The van der Waals surface area contributed by atoms with Crippen LogP contribution in [-0.2, 0) is 19.0 Å². The van der Waals surface area contributed by atoms with Gasteiger partial charge in [0.1, 0.15) is 12.6 Å². The lowest BCUT2D eigenvalue weighted by Gasteiger charge is -2.31. The second-order valence-electron chi connectivity index (χ2n) is 9.56. The number of hydrogen-bond acceptors (Lipinski definition) is 6. The number of rotatable bonds is 6. The van der Waals surface area contributed by atoms with E-state index in [1.54, 1.807) is 0 Å². The Morgan fingerprint density at radius 3 is 1.93 bits per heavy atom. The number of hydrogen-bond donors (Lipinski definition) is 2. The van der Waals surface area contributed by atoms with Crippen LogP contribution in [0.25, 0.3) is 0 Å². The van der Waals surface area contributed by atoms with Gasteiger partial charge in [-0.25, -0.2) is 0 Å². The Bertz CT molecular complexity index is 404. The molecule has 1 fully saturated rings. The standard InChI is InChI=1S/C11H23NO3.C10H20O2/c1-8(2)9(12)10(13)14-6-7-15-11(3,4)5;1-10(2,3)12-9-6-4-8(11)5-7-9/h8-9H,6-7,12H2,1-5H3;8-9,11H,4-7H2,1-3H3. The number of aliphatic hydroxyl groups is 1. The number of aliphatic hydroxyl groups excluding tert-OH is 1. The van der Waals surface area contributed by atoms with Crippen molar-refractivity contribution in [1.82, 2.24) is 0 Å². The molecular weight excluding hydrogens is 346 g/mol. The highest BCUT2D eigenvalue weighted by Crippen LogP contribution is 2.24. The minimum Gasteiger partial charge on any atom is -0.462 e. The topological polar surface area (TPSA) is 91.0 Å². The summed E-state index contributed by atoms with van der Waals surface area (Å²) in [4.78, 5) is 11.3. The fourth-order valence-corrected chi connectivity index (χ4v) is 2.52. The Kier molecular flexibility index (Phi) is 11.7. The van der Waals surface area contributed by atoms with Gasteiger partial charge in [-0.3, -0.25) is 4.79 Å². The Morgan fingerprint density at radius 1 is 1.00 bits per heavy atom. The van der Waals surface area contributed by atoms with Crippen LogP contribution in [-0.4, -0.2) is 53.7 Å². The van der Waals surface area contributed by atoms with Crippen molar-refractivity contribution in [3.05, 3.63) is 0 Å². The molecule has 0 spiro atoms. The fraction of sp³-hybridized carbons (Fsp3) is 0.952. The highest BCUT2D eigenvalue weighted by Gasteiger charge is 2.24. The molecule has 27 heavy (non-hydrogen) atoms. The first-order valence-corrected chi connectivity index (χ1v) is 10.1. The van der Waals surface area contributed by atoms with Crippen LogP contribution in [0.5, 0.6) is 0 Å². The molecule has 1 saturated carbocycles. The Hall–Kier alpha value is -0.690. The molecule has 6 heteroatoms. The van der Waals surface area contributed by atoms with E-state index in [2.05, 4.69) is 20.8 Å². The number of ether oxygens (including phenoxy) is 3. The van der Waals surface area contributed by atoms with Crippen LogP contribution in [0.2, 0.25) is 0 Å². The summed E-state index contributed by atoms with van der Waals surface area (Å²) in [5, 5.41) is 9.27. The van der Waals surface area contributed by atoms with Gasteiger partial charge in [0.2, 0.25) is 0 Å². The molecule has 0 aromatic rings. The Balaban J connectivity index is 0.000000511. The molecule has 1 aliphatic carbocycles. The van der Waals surface area contributed by atoms with Crippen molar-refractivity contribution in [2.24, 2.45) is 11.7 Å². The van der Waals surface area contributed by atoms with E-state index in [4.69, 9.17) is 19.9 Å². The number of esters is 1. The van der Waals surface area contributed by atoms with Gasteiger partial charge in [0.25, 0.3) is 0 Å².